The molecule has 1 aliphatic heterocycles. The standard InChI is InChI=1S/C14H16N2O4S/c17-12-7-16(11(6-15-12)14(19)20)13(18)9-21-8-10-4-2-1-3-5-10/h1-5,11H,6-9H2,(H,15,17)(H,19,20). The summed E-state index contributed by atoms with van der Waals surface area (Å²) in [6, 6.07) is 8.72. The van der Waals surface area contributed by atoms with E-state index in [2.05, 4.69) is 5.32 Å². The summed E-state index contributed by atoms with van der Waals surface area (Å²) in [7, 11) is 0. The van der Waals surface area contributed by atoms with Gasteiger partial charge in [-0.3, -0.25) is 9.59 Å². The molecule has 1 aromatic carbocycles. The van der Waals surface area contributed by atoms with Crippen molar-refractivity contribution < 1.29 is 19.5 Å². The molecule has 0 aliphatic carbocycles. The number of nitrogens with one attached hydrogen (secondary N) is 1. The average molecular weight is 308 g/mol. The second-order valence-electron chi connectivity index (χ2n) is 4.66. The van der Waals surface area contributed by atoms with Crippen LogP contribution in [0.3, 0.4) is 0 Å². The van der Waals surface area contributed by atoms with Crippen LogP contribution in [0.25, 0.3) is 0 Å². The van der Waals surface area contributed by atoms with Crippen LogP contribution in [-0.4, -0.2) is 52.7 Å². The number of piperazine rings is 1. The molecule has 6 nitrogen and oxygen atoms in total. The highest BCUT2D eigenvalue weighted by molar-refractivity contribution is 7.99. The van der Waals surface area contributed by atoms with Gasteiger partial charge in [0.15, 0.2) is 0 Å². The SMILES string of the molecule is O=C1CN(C(=O)CSCc2ccccc2)C(C(=O)O)CN1. The number of hydrogen-bond acceptors (Lipinski definition) is 4. The van der Waals surface area contributed by atoms with E-state index in [1.54, 1.807) is 0 Å². The number of amides is 2. The molecule has 2 amide bonds. The van der Waals surface area contributed by atoms with Crippen molar-refractivity contribution in [1.82, 2.24) is 10.2 Å². The predicted molar refractivity (Wildman–Crippen MR) is 78.8 cm³/mol. The Bertz CT molecular complexity index is 535. The molecular weight excluding hydrogens is 292 g/mol. The predicted octanol–water partition coefficient (Wildman–Crippen LogP) is 0.331. The summed E-state index contributed by atoms with van der Waals surface area (Å²) in [5.41, 5.74) is 1.10. The number of carboxylic acids is 1. The van der Waals surface area contributed by atoms with E-state index >= 15 is 0 Å². The maximum absolute atomic E-state index is 12.1. The number of benzene rings is 1. The Morgan fingerprint density at radius 2 is 2.05 bits per heavy atom. The van der Waals surface area contributed by atoms with Crippen molar-refractivity contribution in [2.24, 2.45) is 0 Å². The Morgan fingerprint density at radius 3 is 2.71 bits per heavy atom. The zero-order valence-electron chi connectivity index (χ0n) is 11.3. The van der Waals surface area contributed by atoms with E-state index in [0.717, 1.165) is 10.5 Å². The second-order valence-corrected chi connectivity index (χ2v) is 5.64. The highest BCUT2D eigenvalue weighted by Gasteiger charge is 2.34. The maximum atomic E-state index is 12.1. The van der Waals surface area contributed by atoms with Crippen LogP contribution in [0.5, 0.6) is 0 Å². The second kappa shape index (κ2) is 7.12. The van der Waals surface area contributed by atoms with Crippen LogP contribution < -0.4 is 5.32 Å². The van der Waals surface area contributed by atoms with E-state index in [0.29, 0.717) is 5.75 Å². The van der Waals surface area contributed by atoms with E-state index in [9.17, 15) is 14.4 Å². The molecule has 2 rings (SSSR count). The molecule has 1 atom stereocenters. The molecule has 0 aromatic heterocycles. The first-order valence-corrected chi connectivity index (χ1v) is 7.64. The van der Waals surface area contributed by atoms with E-state index in [1.807, 2.05) is 30.3 Å². The number of hydrogen-bond donors (Lipinski definition) is 2. The first-order valence-electron chi connectivity index (χ1n) is 6.48. The summed E-state index contributed by atoms with van der Waals surface area (Å²) in [5, 5.41) is 11.6. The Balaban J connectivity index is 1.88. The Hall–Kier alpha value is -2.02. The van der Waals surface area contributed by atoms with Crippen LogP contribution in [0, 0.1) is 0 Å². The number of aliphatic carboxylic acids is 1. The lowest BCUT2D eigenvalue weighted by Crippen LogP contribution is -2.59. The summed E-state index contributed by atoms with van der Waals surface area (Å²) in [6.45, 7) is -0.231. The van der Waals surface area contributed by atoms with E-state index in [-0.39, 0.29) is 30.7 Å². The van der Waals surface area contributed by atoms with Gasteiger partial charge in [0.25, 0.3) is 0 Å². The van der Waals surface area contributed by atoms with E-state index < -0.39 is 12.0 Å². The van der Waals surface area contributed by atoms with Crippen LogP contribution in [0.1, 0.15) is 5.56 Å². The van der Waals surface area contributed by atoms with Crippen molar-refractivity contribution >= 4 is 29.5 Å². The molecule has 0 radical (unpaired) electrons. The van der Waals surface area contributed by atoms with Gasteiger partial charge in [0, 0.05) is 12.3 Å². The first-order chi connectivity index (χ1) is 10.1. The lowest BCUT2D eigenvalue weighted by Gasteiger charge is -2.32. The van der Waals surface area contributed by atoms with Crippen molar-refractivity contribution in [3.05, 3.63) is 35.9 Å². The quantitative estimate of drug-likeness (QED) is 0.819. The molecule has 1 heterocycles. The summed E-state index contributed by atoms with van der Waals surface area (Å²) in [6.07, 6.45) is 0. The van der Waals surface area contributed by atoms with Gasteiger partial charge >= 0.3 is 5.97 Å². The van der Waals surface area contributed by atoms with Crippen molar-refractivity contribution in [2.75, 3.05) is 18.8 Å². The summed E-state index contributed by atoms with van der Waals surface area (Å²) in [5.74, 6) is -0.917. The third-order valence-corrected chi connectivity index (χ3v) is 4.11. The Labute approximate surface area is 126 Å². The number of nitrogens with zero attached hydrogens (tertiary/aromatic N) is 1. The average Bonchev–Trinajstić information content (AvgIpc) is 2.47. The zero-order valence-corrected chi connectivity index (χ0v) is 12.1. The molecule has 7 heteroatoms. The van der Waals surface area contributed by atoms with Crippen molar-refractivity contribution in [2.45, 2.75) is 11.8 Å². The van der Waals surface area contributed by atoms with Gasteiger partial charge in [0.1, 0.15) is 12.6 Å². The molecule has 112 valence electrons. The Morgan fingerprint density at radius 1 is 1.33 bits per heavy atom. The summed E-state index contributed by atoms with van der Waals surface area (Å²) in [4.78, 5) is 35.7. The zero-order chi connectivity index (χ0) is 15.2. The van der Waals surface area contributed by atoms with Gasteiger partial charge in [0.05, 0.1) is 5.75 Å². The van der Waals surface area contributed by atoms with Crippen LogP contribution >= 0.6 is 11.8 Å². The van der Waals surface area contributed by atoms with Gasteiger partial charge in [-0.15, -0.1) is 11.8 Å². The van der Waals surface area contributed by atoms with Gasteiger partial charge in [-0.2, -0.15) is 0 Å². The molecular formula is C14H16N2O4S. The van der Waals surface area contributed by atoms with Gasteiger partial charge in [-0.05, 0) is 5.56 Å². The molecule has 0 spiro atoms. The smallest absolute Gasteiger partial charge is 0.328 e. The van der Waals surface area contributed by atoms with Crippen LogP contribution in [0.4, 0.5) is 0 Å². The third-order valence-electron chi connectivity index (χ3n) is 3.13. The monoisotopic (exact) mass is 308 g/mol. The van der Waals surface area contributed by atoms with Gasteiger partial charge < -0.3 is 15.3 Å². The fourth-order valence-corrected chi connectivity index (χ4v) is 2.91. The molecule has 1 aliphatic rings. The summed E-state index contributed by atoms with van der Waals surface area (Å²) >= 11 is 1.41. The molecule has 1 unspecified atom stereocenters. The minimum absolute atomic E-state index is 0.0384. The van der Waals surface area contributed by atoms with Gasteiger partial charge in [-0.25, -0.2) is 4.79 Å². The highest BCUT2D eigenvalue weighted by Crippen LogP contribution is 2.14. The topological polar surface area (TPSA) is 86.7 Å². The fourth-order valence-electron chi connectivity index (χ4n) is 2.04. The lowest BCUT2D eigenvalue weighted by atomic mass is 10.2. The van der Waals surface area contributed by atoms with Crippen molar-refractivity contribution in [3.63, 3.8) is 0 Å². The first kappa shape index (κ1) is 15.4. The van der Waals surface area contributed by atoms with Crippen LogP contribution in [0.15, 0.2) is 30.3 Å². The van der Waals surface area contributed by atoms with Crippen molar-refractivity contribution in [1.29, 1.82) is 0 Å². The molecule has 2 N–H and O–H groups in total. The van der Waals surface area contributed by atoms with Crippen LogP contribution in [-0.2, 0) is 20.1 Å². The van der Waals surface area contributed by atoms with Crippen molar-refractivity contribution in [3.8, 4) is 0 Å². The number of carbonyl (C=O) groups is 3. The number of carbonyl (C=O) groups excluding carboxylic acids is 2. The van der Waals surface area contributed by atoms with E-state index in [4.69, 9.17) is 5.11 Å². The van der Waals surface area contributed by atoms with E-state index in [1.165, 1.54) is 11.8 Å². The number of rotatable bonds is 5. The molecule has 1 saturated heterocycles. The van der Waals surface area contributed by atoms with Gasteiger partial charge in [0.2, 0.25) is 11.8 Å². The third kappa shape index (κ3) is 4.22. The normalized spacial score (nSPS) is 18.2. The molecule has 0 saturated carbocycles. The maximum Gasteiger partial charge on any atom is 0.328 e. The lowest BCUT2D eigenvalue weighted by molar-refractivity contribution is -0.152. The fraction of sp³-hybridized carbons (Fsp3) is 0.357. The number of thioether (sulfide) groups is 1. The molecule has 1 fully saturated rings. The number of carboxylic acid groups (broad SMARTS) is 1. The minimum atomic E-state index is -1.10. The summed E-state index contributed by atoms with van der Waals surface area (Å²) < 4.78 is 0. The molecule has 1 aromatic rings. The molecule has 21 heavy (non-hydrogen) atoms. The molecule has 0 bridgehead atoms. The largest absolute Gasteiger partial charge is 0.480 e. The Kier molecular flexibility index (Phi) is 5.21. The highest BCUT2D eigenvalue weighted by atomic mass is 32.2. The minimum Gasteiger partial charge on any atom is -0.480 e. The van der Waals surface area contributed by atoms with Crippen LogP contribution in [0.2, 0.25) is 0 Å². The van der Waals surface area contributed by atoms with Gasteiger partial charge in [-0.1, -0.05) is 30.3 Å².